The third kappa shape index (κ3) is 5.56. The molecule has 0 spiro atoms. The first-order chi connectivity index (χ1) is 19.4. The molecule has 0 radical (unpaired) electrons. The van der Waals surface area contributed by atoms with Crippen LogP contribution < -0.4 is 16.2 Å². The van der Waals surface area contributed by atoms with Crippen molar-refractivity contribution < 1.29 is 39.0 Å². The number of anilines is 1. The van der Waals surface area contributed by atoms with E-state index in [9.17, 15) is 29.7 Å². The van der Waals surface area contributed by atoms with Crippen molar-refractivity contribution in [3.63, 3.8) is 0 Å². The van der Waals surface area contributed by atoms with Gasteiger partial charge in [-0.05, 0) is 31.5 Å². The number of carbonyl (C=O) groups is 3. The predicted molar refractivity (Wildman–Crippen MR) is 149 cm³/mol. The van der Waals surface area contributed by atoms with Gasteiger partial charge in [-0.15, -0.1) is 23.1 Å². The average molecular weight is 603 g/mol. The molecule has 5 N–H and O–H groups in total. The minimum absolute atomic E-state index is 0.141. The summed E-state index contributed by atoms with van der Waals surface area (Å²) in [6.45, 7) is 5.01. The number of carboxylic acid groups (broad SMARTS) is 1. The summed E-state index contributed by atoms with van der Waals surface area (Å²) < 4.78 is 0.448. The Morgan fingerprint density at radius 1 is 1.32 bits per heavy atom. The van der Waals surface area contributed by atoms with Crippen molar-refractivity contribution in [3.8, 4) is 11.5 Å². The Morgan fingerprint density at radius 3 is 2.66 bits per heavy atom. The maximum absolute atomic E-state index is 13.2. The zero-order chi connectivity index (χ0) is 29.6. The molecule has 13 nitrogen and oxygen atoms in total. The number of fused-ring (bicyclic) bond motifs is 2. The number of rotatable bonds is 8. The minimum Gasteiger partial charge on any atom is -0.543 e. The van der Waals surface area contributed by atoms with E-state index in [1.165, 1.54) is 22.7 Å². The number of aliphatic carboxylic acids is 1. The number of aromatic hydroxyl groups is 2. The van der Waals surface area contributed by atoms with E-state index in [0.717, 1.165) is 22.5 Å². The number of carbonyl (C=O) groups excluding carboxylic acids is 3. The molecule has 3 atom stereocenters. The maximum Gasteiger partial charge on any atom is 0.276 e. The van der Waals surface area contributed by atoms with Crippen LogP contribution in [0.1, 0.15) is 30.7 Å². The number of thioether (sulfide) groups is 1. The molecule has 1 aromatic heterocycles. The first-order valence-electron chi connectivity index (χ1n) is 12.9. The van der Waals surface area contributed by atoms with Gasteiger partial charge in [0.1, 0.15) is 36.3 Å². The molecule has 4 heterocycles. The van der Waals surface area contributed by atoms with E-state index in [0.29, 0.717) is 41.9 Å². The molecule has 5 rings (SSSR count). The number of hydrogen-bond donors (Lipinski definition) is 4. The molecule has 1 aromatic carbocycles. The Bertz CT molecular complexity index is 1490. The van der Waals surface area contributed by atoms with Crippen LogP contribution in [-0.4, -0.2) is 91.5 Å². The van der Waals surface area contributed by atoms with Gasteiger partial charge in [0.15, 0.2) is 22.3 Å². The number of nitrogen functional groups attached to an aromatic ring is 1. The normalized spacial score (nSPS) is 24.0. The Morgan fingerprint density at radius 2 is 2.02 bits per heavy atom. The Balaban J connectivity index is 1.34. The fraction of sp³-hybridized carbons (Fsp3) is 0.423. The van der Waals surface area contributed by atoms with E-state index in [1.807, 2.05) is 7.05 Å². The van der Waals surface area contributed by atoms with Crippen LogP contribution in [0.15, 0.2) is 33.9 Å². The number of nitrogens with one attached hydrogen (secondary N) is 1. The van der Waals surface area contributed by atoms with Gasteiger partial charge in [-0.2, -0.15) is 0 Å². The topological polar surface area (TPSA) is 190 Å². The number of carboxylic acids is 1. The molecule has 218 valence electrons. The number of amides is 2. The van der Waals surface area contributed by atoms with E-state index in [-0.39, 0.29) is 39.8 Å². The van der Waals surface area contributed by atoms with E-state index >= 15 is 0 Å². The van der Waals surface area contributed by atoms with Crippen LogP contribution in [0.25, 0.3) is 0 Å². The standard InChI is InChI=1S/C26H30N6O7S2/c1-12(2)39-30-19(16-11-41-26(27)28-16)22(35)29-20-23(36)31-21(25(37)38)15(10-40-24(20)31)9-32(3)5-4-13-6-17(33)18(34)7-14(13)8-32/h6-7,11-12,20,24H,4-5,8-10H2,1-3H3,(H5-,27,28,29,30,33,34,35,37,38)/t20?,24-,32?/m1/s1. The number of hydrogen-bond acceptors (Lipinski definition) is 12. The summed E-state index contributed by atoms with van der Waals surface area (Å²) in [6, 6.07) is 2.12. The van der Waals surface area contributed by atoms with Gasteiger partial charge in [0.05, 0.1) is 25.3 Å². The first kappa shape index (κ1) is 28.7. The summed E-state index contributed by atoms with van der Waals surface area (Å²) in [5, 5.41) is 39.9. The van der Waals surface area contributed by atoms with Crippen molar-refractivity contribution in [1.29, 1.82) is 0 Å². The summed E-state index contributed by atoms with van der Waals surface area (Å²) in [6.07, 6.45) is 0.322. The van der Waals surface area contributed by atoms with Gasteiger partial charge in [0.2, 0.25) is 0 Å². The molecule has 15 heteroatoms. The van der Waals surface area contributed by atoms with E-state index in [4.69, 9.17) is 10.6 Å². The first-order valence-corrected chi connectivity index (χ1v) is 14.8. The van der Waals surface area contributed by atoms with Crippen LogP contribution in [0.3, 0.4) is 0 Å². The van der Waals surface area contributed by atoms with E-state index in [2.05, 4.69) is 15.5 Å². The van der Waals surface area contributed by atoms with Crippen molar-refractivity contribution in [1.82, 2.24) is 15.2 Å². The van der Waals surface area contributed by atoms with Gasteiger partial charge in [-0.1, -0.05) is 5.16 Å². The highest BCUT2D eigenvalue weighted by molar-refractivity contribution is 8.00. The molecule has 3 aliphatic rings. The highest BCUT2D eigenvalue weighted by Crippen LogP contribution is 2.41. The van der Waals surface area contributed by atoms with Crippen LogP contribution in [-0.2, 0) is 32.2 Å². The van der Waals surface area contributed by atoms with Gasteiger partial charge in [-0.3, -0.25) is 14.5 Å². The molecule has 0 aliphatic carbocycles. The number of β-lactam (4-membered cyclic amide) rings is 1. The Kier molecular flexibility index (Phi) is 7.61. The molecule has 1 fully saturated rings. The predicted octanol–water partition coefficient (Wildman–Crippen LogP) is -0.128. The smallest absolute Gasteiger partial charge is 0.276 e. The van der Waals surface area contributed by atoms with Gasteiger partial charge in [0.25, 0.3) is 11.8 Å². The molecule has 3 aliphatic heterocycles. The quantitative estimate of drug-likeness (QED) is 0.104. The van der Waals surface area contributed by atoms with Gasteiger partial charge in [-0.25, -0.2) is 4.98 Å². The Hall–Kier alpha value is -3.82. The molecule has 2 amide bonds. The number of nitrogens with two attached hydrogens (primary N) is 1. The monoisotopic (exact) mass is 602 g/mol. The van der Waals surface area contributed by atoms with Crippen molar-refractivity contribution >= 4 is 51.7 Å². The molecule has 41 heavy (non-hydrogen) atoms. The number of aromatic nitrogens is 1. The number of oxime groups is 1. The summed E-state index contributed by atoms with van der Waals surface area (Å²) in [5.41, 5.74) is 7.96. The number of nitrogens with zero attached hydrogens (tertiary/aromatic N) is 4. The number of benzene rings is 1. The van der Waals surface area contributed by atoms with Crippen molar-refractivity contribution in [2.75, 3.05) is 31.6 Å². The third-order valence-electron chi connectivity index (χ3n) is 7.20. The van der Waals surface area contributed by atoms with Gasteiger partial charge < -0.3 is 40.5 Å². The Labute approximate surface area is 243 Å². The fourth-order valence-corrected chi connectivity index (χ4v) is 7.16. The molecule has 0 bridgehead atoms. The number of phenols is 2. The van der Waals surface area contributed by atoms with Crippen LogP contribution in [0.2, 0.25) is 0 Å². The lowest BCUT2D eigenvalue weighted by atomic mass is 9.96. The van der Waals surface area contributed by atoms with Crippen LogP contribution in [0.4, 0.5) is 5.13 Å². The van der Waals surface area contributed by atoms with Crippen molar-refractivity contribution in [2.24, 2.45) is 5.16 Å². The van der Waals surface area contributed by atoms with Crippen molar-refractivity contribution in [2.45, 2.75) is 44.3 Å². The summed E-state index contributed by atoms with van der Waals surface area (Å²) >= 11 is 2.48. The number of phenolic OH excluding ortho intramolecular Hbond substituents is 2. The lowest BCUT2D eigenvalue weighted by Crippen LogP contribution is -2.72. The zero-order valence-corrected chi connectivity index (χ0v) is 24.3. The molecular formula is C26H30N6O7S2. The molecule has 2 unspecified atom stereocenters. The molecular weight excluding hydrogens is 572 g/mol. The van der Waals surface area contributed by atoms with Crippen LogP contribution >= 0.6 is 23.1 Å². The van der Waals surface area contributed by atoms with Gasteiger partial charge >= 0.3 is 0 Å². The second-order valence-electron chi connectivity index (χ2n) is 10.8. The minimum atomic E-state index is -1.46. The summed E-state index contributed by atoms with van der Waals surface area (Å²) in [5.74, 6) is -2.77. The lowest BCUT2D eigenvalue weighted by Gasteiger charge is -2.51. The van der Waals surface area contributed by atoms with Crippen LogP contribution in [0.5, 0.6) is 11.5 Å². The fourth-order valence-electron chi connectivity index (χ4n) is 5.28. The lowest BCUT2D eigenvalue weighted by molar-refractivity contribution is -0.920. The second-order valence-corrected chi connectivity index (χ2v) is 12.8. The van der Waals surface area contributed by atoms with E-state index in [1.54, 1.807) is 25.3 Å². The largest absolute Gasteiger partial charge is 0.543 e. The third-order valence-corrected chi connectivity index (χ3v) is 9.22. The van der Waals surface area contributed by atoms with Crippen molar-refractivity contribution in [3.05, 3.63) is 45.6 Å². The molecule has 1 saturated heterocycles. The number of quaternary nitrogens is 1. The average Bonchev–Trinajstić information content (AvgIpc) is 3.33. The van der Waals surface area contributed by atoms with Crippen LogP contribution in [0, 0.1) is 0 Å². The number of likely N-dealkylation sites (N-methyl/N-ethyl adjacent to an activating group) is 1. The summed E-state index contributed by atoms with van der Waals surface area (Å²) in [7, 11) is 1.98. The molecule has 0 saturated carbocycles. The molecule has 2 aromatic rings. The number of thiazole rings is 1. The zero-order valence-electron chi connectivity index (χ0n) is 22.6. The van der Waals surface area contributed by atoms with E-state index < -0.39 is 29.2 Å². The highest BCUT2D eigenvalue weighted by Gasteiger charge is 2.53. The SMILES string of the molecule is CC(C)O/N=C(\C(=O)NC1C(=O)N2C(C(=O)[O-])=C(C[N+]3(C)CCc4cc(O)c(O)cc4C3)CS[C@H]12)c1csc(N)n1. The summed E-state index contributed by atoms with van der Waals surface area (Å²) in [4.78, 5) is 49.3. The van der Waals surface area contributed by atoms with Gasteiger partial charge in [0, 0.05) is 28.7 Å². The maximum atomic E-state index is 13.2. The second kappa shape index (κ2) is 10.9. The highest BCUT2D eigenvalue weighted by atomic mass is 32.2.